The molecule has 0 aromatic carbocycles. The molecule has 0 aromatic heterocycles. The Morgan fingerprint density at radius 1 is 0.909 bits per heavy atom. The highest BCUT2D eigenvalue weighted by molar-refractivity contribution is 6.00. The van der Waals surface area contributed by atoms with Gasteiger partial charge in [0.1, 0.15) is 11.6 Å². The fourth-order valence-electron chi connectivity index (χ4n) is 6.23. The molecule has 182 valence electrons. The lowest BCUT2D eigenvalue weighted by atomic mass is 9.73. The van der Waals surface area contributed by atoms with Gasteiger partial charge in [-0.25, -0.2) is 0 Å². The number of likely N-dealkylation sites (tertiary alicyclic amines) is 1. The Kier molecular flexibility index (Phi) is 6.69. The van der Waals surface area contributed by atoms with Crippen molar-refractivity contribution in [3.8, 4) is 0 Å². The molecule has 8 nitrogen and oxygen atoms in total. The summed E-state index contributed by atoms with van der Waals surface area (Å²) in [5.41, 5.74) is -2.16. The molecule has 4 aliphatic rings. The van der Waals surface area contributed by atoms with Crippen molar-refractivity contribution in [3.05, 3.63) is 24.3 Å². The van der Waals surface area contributed by atoms with E-state index in [1.807, 2.05) is 38.2 Å². The molecule has 5 atom stereocenters. The molecule has 4 heterocycles. The van der Waals surface area contributed by atoms with Crippen LogP contribution in [0.5, 0.6) is 0 Å². The summed E-state index contributed by atoms with van der Waals surface area (Å²) < 4.78 is 6.83. The van der Waals surface area contributed by atoms with E-state index in [2.05, 4.69) is 6.92 Å². The van der Waals surface area contributed by atoms with Crippen LogP contribution in [0, 0.1) is 11.8 Å². The summed E-state index contributed by atoms with van der Waals surface area (Å²) in [6.07, 6.45) is 10.9. The normalized spacial score (nSPS) is 35.6. The maximum Gasteiger partial charge on any atom is 0.249 e. The number of ether oxygens (including phenoxy) is 1. The molecule has 0 aliphatic carbocycles. The Balaban J connectivity index is 1.84. The van der Waals surface area contributed by atoms with Gasteiger partial charge in [0, 0.05) is 32.7 Å². The molecule has 0 aromatic rings. The highest BCUT2D eigenvalue weighted by atomic mass is 16.5. The summed E-state index contributed by atoms with van der Waals surface area (Å²) >= 11 is 0. The first-order chi connectivity index (χ1) is 15.9. The van der Waals surface area contributed by atoms with Crippen molar-refractivity contribution in [2.75, 3.05) is 39.3 Å². The van der Waals surface area contributed by atoms with Gasteiger partial charge in [0.05, 0.1) is 24.0 Å². The summed E-state index contributed by atoms with van der Waals surface area (Å²) in [5.74, 6) is -2.02. The van der Waals surface area contributed by atoms with Crippen molar-refractivity contribution < 1.29 is 24.2 Å². The Bertz CT molecular complexity index is 857. The molecule has 1 N–H and O–H groups in total. The van der Waals surface area contributed by atoms with Crippen molar-refractivity contribution in [2.24, 2.45) is 11.8 Å². The minimum absolute atomic E-state index is 0.0425. The number of carbonyl (C=O) groups excluding carboxylic acids is 3. The Labute approximate surface area is 196 Å². The van der Waals surface area contributed by atoms with E-state index in [9.17, 15) is 19.5 Å². The number of aliphatic hydroxyl groups excluding tert-OH is 1. The maximum atomic E-state index is 13.9. The van der Waals surface area contributed by atoms with Crippen LogP contribution < -0.4 is 0 Å². The van der Waals surface area contributed by atoms with Crippen molar-refractivity contribution in [1.29, 1.82) is 0 Å². The molecule has 33 heavy (non-hydrogen) atoms. The van der Waals surface area contributed by atoms with Crippen molar-refractivity contribution in [1.82, 2.24) is 14.7 Å². The molecule has 4 aliphatic heterocycles. The number of β-amino-alcohol motifs (C(OH)–C–C–N with tert-alkyl or cyclic N) is 1. The summed E-state index contributed by atoms with van der Waals surface area (Å²) in [7, 11) is 0. The average Bonchev–Trinajstić information content (AvgIpc) is 3.09. The zero-order chi connectivity index (χ0) is 23.8. The highest BCUT2D eigenvalue weighted by Crippen LogP contribution is 2.58. The van der Waals surface area contributed by atoms with E-state index in [1.54, 1.807) is 9.80 Å². The van der Waals surface area contributed by atoms with Gasteiger partial charge in [-0.2, -0.15) is 0 Å². The third-order valence-electron chi connectivity index (χ3n) is 7.72. The molecule has 3 amide bonds. The number of hydrogen-bond acceptors (Lipinski definition) is 5. The number of nitrogens with zero attached hydrogens (tertiary/aromatic N) is 3. The number of amides is 3. The second-order valence-electron chi connectivity index (χ2n) is 9.60. The lowest BCUT2D eigenvalue weighted by Gasteiger charge is -2.38. The second-order valence-corrected chi connectivity index (χ2v) is 9.60. The van der Waals surface area contributed by atoms with Crippen LogP contribution in [0.3, 0.4) is 0 Å². The van der Waals surface area contributed by atoms with E-state index in [4.69, 9.17) is 4.74 Å². The minimum atomic E-state index is -1.22. The van der Waals surface area contributed by atoms with Crippen LogP contribution in [-0.4, -0.2) is 94.1 Å². The molecule has 0 radical (unpaired) electrons. The molecule has 0 saturated carbocycles. The molecule has 2 saturated heterocycles. The third kappa shape index (κ3) is 3.53. The van der Waals surface area contributed by atoms with Crippen molar-refractivity contribution in [3.63, 3.8) is 0 Å². The summed E-state index contributed by atoms with van der Waals surface area (Å²) in [6.45, 7) is 8.01. The smallest absolute Gasteiger partial charge is 0.249 e. The fraction of sp³-hybridized carbons (Fsp3) is 0.720. The first-order valence-electron chi connectivity index (χ1n) is 12.4. The second kappa shape index (κ2) is 9.22. The number of hydrogen-bond donors (Lipinski definition) is 1. The molecular weight excluding hydrogens is 422 g/mol. The van der Waals surface area contributed by atoms with Crippen LogP contribution in [0.4, 0.5) is 0 Å². The van der Waals surface area contributed by atoms with Crippen LogP contribution >= 0.6 is 0 Å². The van der Waals surface area contributed by atoms with Gasteiger partial charge in [0.15, 0.2) is 0 Å². The molecule has 8 heteroatoms. The maximum absolute atomic E-state index is 13.9. The summed E-state index contributed by atoms with van der Waals surface area (Å²) in [4.78, 5) is 46.6. The van der Waals surface area contributed by atoms with E-state index < -0.39 is 29.1 Å². The van der Waals surface area contributed by atoms with Crippen molar-refractivity contribution >= 4 is 17.7 Å². The minimum Gasteiger partial charge on any atom is -0.395 e. The quantitative estimate of drug-likeness (QED) is 0.554. The molecule has 2 fully saturated rings. The largest absolute Gasteiger partial charge is 0.395 e. The van der Waals surface area contributed by atoms with Gasteiger partial charge in [-0.3, -0.25) is 14.4 Å². The monoisotopic (exact) mass is 459 g/mol. The SMILES string of the molecule is CCCCN1CC=C[C@]23O[C@@]4(CC)C=CCN(CCC)C(=O)[C@H]4[C@H]2C(=O)N(CCO)C3C1=O. The lowest BCUT2D eigenvalue weighted by molar-refractivity contribution is -0.154. The number of carbonyl (C=O) groups is 3. The van der Waals surface area contributed by atoms with E-state index in [0.29, 0.717) is 32.6 Å². The van der Waals surface area contributed by atoms with E-state index in [-0.39, 0.29) is 30.9 Å². The van der Waals surface area contributed by atoms with E-state index in [0.717, 1.165) is 19.3 Å². The van der Waals surface area contributed by atoms with Gasteiger partial charge in [0.25, 0.3) is 0 Å². The average molecular weight is 460 g/mol. The zero-order valence-corrected chi connectivity index (χ0v) is 20.0. The zero-order valence-electron chi connectivity index (χ0n) is 20.0. The molecule has 1 spiro atoms. The van der Waals surface area contributed by atoms with Gasteiger partial charge in [-0.05, 0) is 19.3 Å². The predicted molar refractivity (Wildman–Crippen MR) is 123 cm³/mol. The summed E-state index contributed by atoms with van der Waals surface area (Å²) in [5, 5.41) is 9.73. The van der Waals surface area contributed by atoms with Crippen molar-refractivity contribution in [2.45, 2.75) is 63.7 Å². The Hall–Kier alpha value is -2.19. The van der Waals surface area contributed by atoms with Gasteiger partial charge >= 0.3 is 0 Å². The number of aliphatic hydroxyl groups is 1. The first kappa shape index (κ1) is 24.0. The lowest BCUT2D eigenvalue weighted by Crippen LogP contribution is -2.56. The molecule has 4 rings (SSSR count). The number of unbranched alkanes of at least 4 members (excludes halogenated alkanes) is 1. The van der Waals surface area contributed by atoms with Gasteiger partial charge < -0.3 is 24.5 Å². The number of fused-ring (bicyclic) bond motifs is 2. The summed E-state index contributed by atoms with van der Waals surface area (Å²) in [6, 6.07) is -0.881. The number of rotatable bonds is 8. The fourth-order valence-corrected chi connectivity index (χ4v) is 6.23. The molecule has 1 unspecified atom stereocenters. The van der Waals surface area contributed by atoms with Gasteiger partial charge in [0.2, 0.25) is 17.7 Å². The van der Waals surface area contributed by atoms with Gasteiger partial charge in [-0.15, -0.1) is 0 Å². The highest BCUT2D eigenvalue weighted by Gasteiger charge is 2.75. The Morgan fingerprint density at radius 2 is 1.61 bits per heavy atom. The van der Waals surface area contributed by atoms with E-state index in [1.165, 1.54) is 4.90 Å². The van der Waals surface area contributed by atoms with Crippen LogP contribution in [0.25, 0.3) is 0 Å². The molecular formula is C25H37N3O5. The predicted octanol–water partition coefficient (Wildman–Crippen LogP) is 1.35. The first-order valence-corrected chi connectivity index (χ1v) is 12.4. The third-order valence-corrected chi connectivity index (χ3v) is 7.72. The van der Waals surface area contributed by atoms with E-state index >= 15 is 0 Å². The standard InChI is InChI=1S/C25H37N3O5/c1-4-7-13-27-15-9-11-25-19(22(31)28(16-17-29)20(25)23(27)32)18-21(30)26(12-5-2)14-8-10-24(18,6-3)33-25/h8-11,18-20,29H,4-7,12-17H2,1-3H3/t18-,19+,20?,24+,25+/m1/s1. The van der Waals surface area contributed by atoms with Crippen LogP contribution in [-0.2, 0) is 19.1 Å². The topological polar surface area (TPSA) is 90.4 Å². The van der Waals surface area contributed by atoms with Crippen LogP contribution in [0.2, 0.25) is 0 Å². The molecule has 0 bridgehead atoms. The van der Waals surface area contributed by atoms with Crippen LogP contribution in [0.1, 0.15) is 46.5 Å². The van der Waals surface area contributed by atoms with Gasteiger partial charge in [-0.1, -0.05) is 51.5 Å². The Morgan fingerprint density at radius 3 is 2.24 bits per heavy atom. The van der Waals surface area contributed by atoms with Crippen LogP contribution in [0.15, 0.2) is 24.3 Å².